The highest BCUT2D eigenvalue weighted by Gasteiger charge is 2.35. The van der Waals surface area contributed by atoms with Crippen LogP contribution in [0, 0.1) is 11.6 Å². The second-order valence-electron chi connectivity index (χ2n) is 8.25. The van der Waals surface area contributed by atoms with E-state index in [9.17, 15) is 13.6 Å². The van der Waals surface area contributed by atoms with Gasteiger partial charge in [0, 0.05) is 17.0 Å². The molecule has 3 atom stereocenters. The van der Waals surface area contributed by atoms with Crippen LogP contribution in [-0.2, 0) is 16.1 Å². The summed E-state index contributed by atoms with van der Waals surface area (Å²) in [4.78, 5) is 23.9. The number of fused-ring (bicyclic) bond motifs is 3. The summed E-state index contributed by atoms with van der Waals surface area (Å²) < 4.78 is 39.1. The number of benzene rings is 1. The fourth-order valence-corrected chi connectivity index (χ4v) is 4.60. The third kappa shape index (κ3) is 3.37. The SMILES string of the molecule is C[C@H]1OCc2c1c(N)nc1cnc(C(=O)N3[C@@H](C)COC[C@H]3c3cc(F)cc(F)c3)cc21. The molecule has 4 heterocycles. The maximum atomic E-state index is 13.9. The number of halogens is 2. The summed E-state index contributed by atoms with van der Waals surface area (Å²) in [5.41, 5.74) is 8.95. The summed E-state index contributed by atoms with van der Waals surface area (Å²) in [6, 6.07) is 3.98. The van der Waals surface area contributed by atoms with Crippen LogP contribution < -0.4 is 5.73 Å². The highest BCUT2D eigenvalue weighted by molar-refractivity contribution is 5.97. The molecule has 7 nitrogen and oxygen atoms in total. The standard InChI is InChI=1S/C23H22F2N4O3/c1-11-8-31-10-20(13-3-14(24)5-15(25)4-13)29(11)23(30)18-6-16-17-9-32-12(2)21(17)22(26)28-19(16)7-27-18/h3-7,11-12,20H,8-10H2,1-2H3,(H2,26,28)/t11-,12+,20-/m0/s1. The lowest BCUT2D eigenvalue weighted by Gasteiger charge is -2.40. The van der Waals surface area contributed by atoms with Crippen molar-refractivity contribution >= 4 is 22.6 Å². The van der Waals surface area contributed by atoms with Crippen LogP contribution in [0.5, 0.6) is 0 Å². The van der Waals surface area contributed by atoms with Crippen LogP contribution in [0.2, 0.25) is 0 Å². The van der Waals surface area contributed by atoms with Gasteiger partial charge in [0.1, 0.15) is 23.1 Å². The molecular formula is C23H22F2N4O3. The summed E-state index contributed by atoms with van der Waals surface area (Å²) in [5.74, 6) is -1.37. The minimum Gasteiger partial charge on any atom is -0.383 e. The van der Waals surface area contributed by atoms with E-state index in [0.29, 0.717) is 30.1 Å². The van der Waals surface area contributed by atoms with E-state index in [0.717, 1.165) is 22.6 Å². The van der Waals surface area contributed by atoms with Crippen molar-refractivity contribution in [3.8, 4) is 0 Å². The molecule has 2 N–H and O–H groups in total. The summed E-state index contributed by atoms with van der Waals surface area (Å²) in [6.45, 7) is 4.55. The molecule has 2 aliphatic rings. The number of hydrogen-bond acceptors (Lipinski definition) is 6. The number of amides is 1. The number of aromatic nitrogens is 2. The largest absolute Gasteiger partial charge is 0.383 e. The lowest BCUT2D eigenvalue weighted by atomic mass is 10.00. The zero-order valence-corrected chi connectivity index (χ0v) is 17.6. The first-order valence-electron chi connectivity index (χ1n) is 10.4. The number of rotatable bonds is 2. The molecule has 9 heteroatoms. The normalized spacial score (nSPS) is 22.9. The average Bonchev–Trinajstić information content (AvgIpc) is 3.15. The predicted octanol–water partition coefficient (Wildman–Crippen LogP) is 3.68. The fraction of sp³-hybridized carbons (Fsp3) is 0.348. The number of hydrogen-bond donors (Lipinski definition) is 1. The Bertz CT molecular complexity index is 1220. The minimum absolute atomic E-state index is 0.130. The molecule has 166 valence electrons. The smallest absolute Gasteiger partial charge is 0.273 e. The van der Waals surface area contributed by atoms with Gasteiger partial charge in [0.2, 0.25) is 0 Å². The van der Waals surface area contributed by atoms with Gasteiger partial charge in [0.05, 0.1) is 49.7 Å². The van der Waals surface area contributed by atoms with Gasteiger partial charge in [-0.1, -0.05) is 0 Å². The van der Waals surface area contributed by atoms with Gasteiger partial charge in [-0.15, -0.1) is 0 Å². The van der Waals surface area contributed by atoms with E-state index in [1.54, 1.807) is 11.0 Å². The summed E-state index contributed by atoms with van der Waals surface area (Å²) >= 11 is 0. The molecule has 0 saturated carbocycles. The highest BCUT2D eigenvalue weighted by Crippen LogP contribution is 2.38. The van der Waals surface area contributed by atoms with Gasteiger partial charge >= 0.3 is 0 Å². The molecule has 0 bridgehead atoms. The molecule has 1 amide bonds. The molecule has 3 aromatic rings. The molecule has 0 radical (unpaired) electrons. The number of nitrogens with two attached hydrogens (primary N) is 1. The number of carbonyl (C=O) groups is 1. The first kappa shape index (κ1) is 20.7. The number of pyridine rings is 2. The Labute approximate surface area is 183 Å². The summed E-state index contributed by atoms with van der Waals surface area (Å²) in [6.07, 6.45) is 1.34. The van der Waals surface area contributed by atoms with Crippen LogP contribution in [0.25, 0.3) is 10.9 Å². The van der Waals surface area contributed by atoms with Crippen LogP contribution in [0.3, 0.4) is 0 Å². The topological polar surface area (TPSA) is 90.6 Å². The van der Waals surface area contributed by atoms with Crippen LogP contribution in [0.4, 0.5) is 14.6 Å². The van der Waals surface area contributed by atoms with Crippen LogP contribution >= 0.6 is 0 Å². The van der Waals surface area contributed by atoms with Crippen LogP contribution in [0.1, 0.15) is 53.2 Å². The van der Waals surface area contributed by atoms with E-state index >= 15 is 0 Å². The number of ether oxygens (including phenoxy) is 2. The van der Waals surface area contributed by atoms with Gasteiger partial charge in [-0.3, -0.25) is 4.79 Å². The number of morpholine rings is 1. The van der Waals surface area contributed by atoms with Crippen LogP contribution in [0.15, 0.2) is 30.5 Å². The van der Waals surface area contributed by atoms with Crippen molar-refractivity contribution in [3.05, 3.63) is 64.5 Å². The van der Waals surface area contributed by atoms with E-state index in [1.807, 2.05) is 13.8 Å². The molecule has 2 aromatic heterocycles. The van der Waals surface area contributed by atoms with Gasteiger partial charge in [-0.25, -0.2) is 18.7 Å². The number of nitrogens with zero attached hydrogens (tertiary/aromatic N) is 3. The molecule has 5 rings (SSSR count). The molecular weight excluding hydrogens is 418 g/mol. The van der Waals surface area contributed by atoms with E-state index < -0.39 is 17.7 Å². The summed E-state index contributed by atoms with van der Waals surface area (Å²) in [7, 11) is 0. The highest BCUT2D eigenvalue weighted by atomic mass is 19.1. The van der Waals surface area contributed by atoms with Gasteiger partial charge < -0.3 is 20.1 Å². The lowest BCUT2D eigenvalue weighted by Crippen LogP contribution is -2.49. The number of carbonyl (C=O) groups excluding carboxylic acids is 1. The average molecular weight is 440 g/mol. The Hall–Kier alpha value is -3.17. The molecule has 32 heavy (non-hydrogen) atoms. The van der Waals surface area contributed by atoms with Gasteiger partial charge in [0.25, 0.3) is 5.91 Å². The molecule has 1 aromatic carbocycles. The molecule has 0 aliphatic carbocycles. The van der Waals surface area contributed by atoms with Crippen LogP contribution in [-0.4, -0.2) is 40.0 Å². The first-order valence-corrected chi connectivity index (χ1v) is 10.4. The Kier molecular flexibility index (Phi) is 5.02. The quantitative estimate of drug-likeness (QED) is 0.654. The first-order chi connectivity index (χ1) is 15.3. The molecule has 0 unspecified atom stereocenters. The molecule has 1 saturated heterocycles. The van der Waals surface area contributed by atoms with E-state index in [2.05, 4.69) is 9.97 Å². The van der Waals surface area contributed by atoms with Gasteiger partial charge in [-0.05, 0) is 43.2 Å². The minimum atomic E-state index is -0.706. The fourth-order valence-electron chi connectivity index (χ4n) is 4.60. The maximum absolute atomic E-state index is 13.9. The third-order valence-corrected chi connectivity index (χ3v) is 6.10. The lowest BCUT2D eigenvalue weighted by molar-refractivity contribution is -0.0319. The third-order valence-electron chi connectivity index (χ3n) is 6.10. The van der Waals surface area contributed by atoms with E-state index in [1.165, 1.54) is 18.3 Å². The molecule has 1 fully saturated rings. The van der Waals surface area contributed by atoms with Crippen molar-refractivity contribution in [3.63, 3.8) is 0 Å². The second-order valence-corrected chi connectivity index (χ2v) is 8.25. The zero-order chi connectivity index (χ0) is 22.6. The van der Waals surface area contributed by atoms with Crippen molar-refractivity contribution in [1.29, 1.82) is 0 Å². The molecule has 2 aliphatic heterocycles. The number of nitrogen functional groups attached to an aromatic ring is 1. The van der Waals surface area contributed by atoms with E-state index in [4.69, 9.17) is 15.2 Å². The van der Waals surface area contributed by atoms with Gasteiger partial charge in [-0.2, -0.15) is 0 Å². The predicted molar refractivity (Wildman–Crippen MR) is 113 cm³/mol. The van der Waals surface area contributed by atoms with E-state index in [-0.39, 0.29) is 30.4 Å². The monoisotopic (exact) mass is 440 g/mol. The Balaban J connectivity index is 1.57. The Morgan fingerprint density at radius 2 is 1.91 bits per heavy atom. The number of anilines is 1. The molecule has 0 spiro atoms. The van der Waals surface area contributed by atoms with Crippen molar-refractivity contribution in [1.82, 2.24) is 14.9 Å². The summed E-state index contributed by atoms with van der Waals surface area (Å²) in [5, 5.41) is 0.756. The van der Waals surface area contributed by atoms with Crippen molar-refractivity contribution in [2.75, 3.05) is 18.9 Å². The van der Waals surface area contributed by atoms with Crippen molar-refractivity contribution in [2.45, 2.75) is 38.6 Å². The van der Waals surface area contributed by atoms with Crippen molar-refractivity contribution in [2.24, 2.45) is 0 Å². The van der Waals surface area contributed by atoms with Gasteiger partial charge in [0.15, 0.2) is 0 Å². The maximum Gasteiger partial charge on any atom is 0.273 e. The Morgan fingerprint density at radius 1 is 1.16 bits per heavy atom. The van der Waals surface area contributed by atoms with Crippen molar-refractivity contribution < 1.29 is 23.0 Å². The zero-order valence-electron chi connectivity index (χ0n) is 17.6. The Morgan fingerprint density at radius 3 is 2.66 bits per heavy atom. The second kappa shape index (κ2) is 7.75.